The number of hydrogen-bond acceptors (Lipinski definition) is 5. The number of fused-ring (bicyclic) bond motifs is 1. The lowest BCUT2D eigenvalue weighted by atomic mass is 10.0. The highest BCUT2D eigenvalue weighted by Crippen LogP contribution is 2.30. The monoisotopic (exact) mass is 501 g/mol. The Hall–Kier alpha value is -2.01. The molecule has 0 saturated carbocycles. The van der Waals surface area contributed by atoms with Crippen LogP contribution >= 0.6 is 24.0 Å². The topological polar surface area (TPSA) is 92.9 Å². The van der Waals surface area contributed by atoms with Gasteiger partial charge in [-0.15, -0.1) is 24.0 Å². The zero-order chi connectivity index (χ0) is 19.3. The molecule has 0 radical (unpaired) electrons. The summed E-state index contributed by atoms with van der Waals surface area (Å²) in [5.74, 6) is 2.13. The van der Waals surface area contributed by atoms with Crippen molar-refractivity contribution in [2.24, 2.45) is 12.0 Å². The molecule has 3 rings (SSSR count). The van der Waals surface area contributed by atoms with E-state index in [0.717, 1.165) is 17.1 Å². The molecule has 2 aromatic rings. The van der Waals surface area contributed by atoms with E-state index in [4.69, 9.17) is 9.47 Å². The number of hydrogen-bond donors (Lipinski definition) is 3. The Morgan fingerprint density at radius 3 is 2.79 bits per heavy atom. The van der Waals surface area contributed by atoms with Crippen LogP contribution in [0.15, 0.2) is 41.7 Å². The predicted molar refractivity (Wildman–Crippen MR) is 119 cm³/mol. The molecule has 0 fully saturated rings. The summed E-state index contributed by atoms with van der Waals surface area (Å²) in [4.78, 5) is 4.51. The first kappa shape index (κ1) is 22.3. The van der Waals surface area contributed by atoms with E-state index in [1.807, 2.05) is 38.2 Å². The third-order valence-electron chi connectivity index (χ3n) is 4.28. The Bertz CT molecular complexity index is 793. The molecule has 0 bridgehead atoms. The van der Waals surface area contributed by atoms with E-state index in [-0.39, 0.29) is 36.6 Å². The number of halogens is 1. The van der Waals surface area contributed by atoms with Crippen molar-refractivity contribution in [3.8, 4) is 11.5 Å². The number of nitrogens with zero attached hydrogens (tertiary/aromatic N) is 3. The van der Waals surface area contributed by atoms with Crippen molar-refractivity contribution >= 4 is 29.9 Å². The Morgan fingerprint density at radius 2 is 2.11 bits per heavy atom. The second-order valence-corrected chi connectivity index (χ2v) is 6.75. The Kier molecular flexibility index (Phi) is 7.93. The molecule has 3 N–H and O–H groups in total. The van der Waals surface area contributed by atoms with Crippen LogP contribution in [0.1, 0.15) is 19.4 Å². The first-order valence-electron chi connectivity index (χ1n) is 9.10. The summed E-state index contributed by atoms with van der Waals surface area (Å²) < 4.78 is 13.3. The Labute approximate surface area is 182 Å². The van der Waals surface area contributed by atoms with Gasteiger partial charge in [0.2, 0.25) is 0 Å². The number of ether oxygens (including phenoxy) is 2. The van der Waals surface area contributed by atoms with Crippen LogP contribution < -0.4 is 20.1 Å². The van der Waals surface area contributed by atoms with Gasteiger partial charge < -0.3 is 25.2 Å². The number of para-hydroxylation sites is 2. The first-order chi connectivity index (χ1) is 13.0. The molecule has 0 aliphatic carbocycles. The van der Waals surface area contributed by atoms with Crippen LogP contribution in [-0.4, -0.2) is 53.2 Å². The van der Waals surface area contributed by atoms with Gasteiger partial charge in [0.25, 0.3) is 0 Å². The van der Waals surface area contributed by atoms with E-state index < -0.39 is 5.60 Å². The lowest BCUT2D eigenvalue weighted by Crippen LogP contribution is -2.45. The highest BCUT2D eigenvalue weighted by Gasteiger charge is 2.25. The molecule has 1 aliphatic heterocycles. The fraction of sp³-hybridized carbons (Fsp3) is 0.474. The van der Waals surface area contributed by atoms with Gasteiger partial charge in [-0.25, -0.2) is 4.99 Å². The van der Waals surface area contributed by atoms with E-state index in [0.29, 0.717) is 25.7 Å². The number of rotatable bonds is 6. The normalized spacial score (nSPS) is 18.0. The van der Waals surface area contributed by atoms with Crippen molar-refractivity contribution < 1.29 is 14.6 Å². The average molecular weight is 501 g/mol. The molecular weight excluding hydrogens is 473 g/mol. The molecule has 2 unspecified atom stereocenters. The minimum Gasteiger partial charge on any atom is -0.486 e. The van der Waals surface area contributed by atoms with Crippen LogP contribution in [0, 0.1) is 0 Å². The zero-order valence-electron chi connectivity index (χ0n) is 16.4. The van der Waals surface area contributed by atoms with E-state index >= 15 is 0 Å². The molecule has 8 nitrogen and oxygen atoms in total. The lowest BCUT2D eigenvalue weighted by molar-refractivity contribution is 0.0670. The molecule has 1 aromatic carbocycles. The number of aromatic nitrogens is 2. The van der Waals surface area contributed by atoms with Crippen molar-refractivity contribution in [2.75, 3.05) is 26.2 Å². The van der Waals surface area contributed by atoms with Crippen LogP contribution in [0.2, 0.25) is 0 Å². The van der Waals surface area contributed by atoms with E-state index in [2.05, 4.69) is 20.7 Å². The summed E-state index contributed by atoms with van der Waals surface area (Å²) in [7, 11) is 1.82. The number of nitrogens with one attached hydrogen (secondary N) is 2. The van der Waals surface area contributed by atoms with E-state index in [9.17, 15) is 5.11 Å². The van der Waals surface area contributed by atoms with Crippen molar-refractivity contribution in [2.45, 2.75) is 25.6 Å². The molecule has 154 valence electrons. The lowest BCUT2D eigenvalue weighted by Gasteiger charge is -2.27. The molecule has 0 spiro atoms. The number of aliphatic imine (C=N–C) groups is 1. The summed E-state index contributed by atoms with van der Waals surface area (Å²) in [5.41, 5.74) is -0.370. The summed E-state index contributed by atoms with van der Waals surface area (Å²) in [5, 5.41) is 21.2. The fourth-order valence-corrected chi connectivity index (χ4v) is 2.74. The smallest absolute Gasteiger partial charge is 0.191 e. The molecule has 0 saturated heterocycles. The minimum absolute atomic E-state index is 0. The van der Waals surface area contributed by atoms with Gasteiger partial charge in [0.1, 0.15) is 18.3 Å². The van der Waals surface area contributed by atoms with Crippen LogP contribution in [0.25, 0.3) is 0 Å². The third kappa shape index (κ3) is 5.74. The SMILES string of the molecule is CCNC(=NCC(C)(O)c1cnn(C)c1)NCC1COc2ccccc2O1.I. The van der Waals surface area contributed by atoms with Gasteiger partial charge in [-0.1, -0.05) is 12.1 Å². The van der Waals surface area contributed by atoms with Crippen molar-refractivity contribution in [1.29, 1.82) is 0 Å². The average Bonchev–Trinajstić information content (AvgIpc) is 3.11. The molecule has 1 aliphatic rings. The van der Waals surface area contributed by atoms with Gasteiger partial charge in [-0.2, -0.15) is 5.10 Å². The zero-order valence-corrected chi connectivity index (χ0v) is 18.7. The van der Waals surface area contributed by atoms with Crippen LogP contribution in [0.3, 0.4) is 0 Å². The maximum Gasteiger partial charge on any atom is 0.191 e. The van der Waals surface area contributed by atoms with Gasteiger partial charge in [0, 0.05) is 25.4 Å². The van der Waals surface area contributed by atoms with Crippen molar-refractivity contribution in [3.05, 3.63) is 42.2 Å². The summed E-state index contributed by atoms with van der Waals surface area (Å²) in [6, 6.07) is 7.63. The third-order valence-corrected chi connectivity index (χ3v) is 4.28. The highest BCUT2D eigenvalue weighted by molar-refractivity contribution is 14.0. The summed E-state index contributed by atoms with van der Waals surface area (Å²) >= 11 is 0. The van der Waals surface area contributed by atoms with Gasteiger partial charge in [0.15, 0.2) is 17.5 Å². The molecule has 9 heteroatoms. The summed E-state index contributed by atoms with van der Waals surface area (Å²) in [6.45, 7) is 5.65. The molecule has 2 heterocycles. The number of aryl methyl sites for hydroxylation is 1. The highest BCUT2D eigenvalue weighted by atomic mass is 127. The second kappa shape index (κ2) is 9.97. The number of guanidine groups is 1. The quantitative estimate of drug-likeness (QED) is 0.317. The van der Waals surface area contributed by atoms with Gasteiger partial charge >= 0.3 is 0 Å². The molecule has 0 amide bonds. The van der Waals surface area contributed by atoms with E-state index in [1.54, 1.807) is 24.0 Å². The summed E-state index contributed by atoms with van der Waals surface area (Å²) in [6.07, 6.45) is 3.32. The fourth-order valence-electron chi connectivity index (χ4n) is 2.74. The Morgan fingerprint density at radius 1 is 1.36 bits per heavy atom. The predicted octanol–water partition coefficient (Wildman–Crippen LogP) is 1.64. The van der Waals surface area contributed by atoms with Gasteiger partial charge in [-0.3, -0.25) is 4.68 Å². The maximum atomic E-state index is 10.7. The van der Waals surface area contributed by atoms with Crippen LogP contribution in [-0.2, 0) is 12.6 Å². The largest absolute Gasteiger partial charge is 0.486 e. The van der Waals surface area contributed by atoms with Gasteiger partial charge in [-0.05, 0) is 26.0 Å². The molecule has 2 atom stereocenters. The number of benzene rings is 1. The first-order valence-corrected chi connectivity index (χ1v) is 9.10. The van der Waals surface area contributed by atoms with Crippen LogP contribution in [0.4, 0.5) is 0 Å². The van der Waals surface area contributed by atoms with Crippen molar-refractivity contribution in [1.82, 2.24) is 20.4 Å². The molecule has 1 aromatic heterocycles. The van der Waals surface area contributed by atoms with E-state index in [1.165, 1.54) is 0 Å². The van der Waals surface area contributed by atoms with Crippen LogP contribution in [0.5, 0.6) is 11.5 Å². The minimum atomic E-state index is -1.10. The molecular formula is C19H28IN5O3. The molecule has 28 heavy (non-hydrogen) atoms. The second-order valence-electron chi connectivity index (χ2n) is 6.75. The number of aliphatic hydroxyl groups is 1. The standard InChI is InChI=1S/C19H27N5O3.HI/c1-4-20-18(22-13-19(2,25)14-9-23-24(3)11-14)21-10-15-12-26-16-7-5-6-8-17(16)27-15;/h5-9,11,15,25H,4,10,12-13H2,1-3H3,(H2,20,21,22);1H. The Balaban J connectivity index is 0.00000280. The van der Waals surface area contributed by atoms with Gasteiger partial charge in [0.05, 0.1) is 19.3 Å². The van der Waals surface area contributed by atoms with Crippen molar-refractivity contribution in [3.63, 3.8) is 0 Å². The maximum absolute atomic E-state index is 10.7.